The molecular weight excluding hydrogens is 418 g/mol. The Bertz CT molecular complexity index is 358. The lowest BCUT2D eigenvalue weighted by molar-refractivity contribution is -0.143. The van der Waals surface area contributed by atoms with Gasteiger partial charge in [0.2, 0.25) is 0 Å². The number of carbonyl (C=O) groups excluding carboxylic acids is 1. The molecular formula is C28H56ClNO2. The van der Waals surface area contributed by atoms with E-state index in [-0.39, 0.29) is 5.97 Å². The second-order valence-corrected chi connectivity index (χ2v) is 9.89. The highest BCUT2D eigenvalue weighted by Crippen LogP contribution is 2.12. The molecule has 0 aliphatic rings. The molecule has 0 fully saturated rings. The molecule has 0 aromatic rings. The van der Waals surface area contributed by atoms with Crippen LogP contribution in [0.5, 0.6) is 0 Å². The summed E-state index contributed by atoms with van der Waals surface area (Å²) < 4.78 is 5.32. The highest BCUT2D eigenvalue weighted by Gasteiger charge is 2.08. The average Bonchev–Trinajstić information content (AvgIpc) is 2.79. The molecule has 0 N–H and O–H groups in total. The molecule has 0 spiro atoms. The maximum Gasteiger partial charge on any atom is 0.305 e. The Morgan fingerprint density at radius 2 is 1.03 bits per heavy atom. The summed E-state index contributed by atoms with van der Waals surface area (Å²) in [5, 5.41) is 0. The summed E-state index contributed by atoms with van der Waals surface area (Å²) >= 11 is 5.67. The van der Waals surface area contributed by atoms with E-state index in [2.05, 4.69) is 18.7 Å². The van der Waals surface area contributed by atoms with E-state index in [0.29, 0.717) is 18.9 Å². The van der Waals surface area contributed by atoms with E-state index in [9.17, 15) is 4.79 Å². The molecule has 0 atom stereocenters. The molecule has 0 radical (unpaired) electrons. The first-order chi connectivity index (χ1) is 15.7. The zero-order chi connectivity index (χ0) is 23.5. The van der Waals surface area contributed by atoms with E-state index >= 15 is 0 Å². The second-order valence-electron chi connectivity index (χ2n) is 9.51. The third-order valence-electron chi connectivity index (χ3n) is 6.30. The van der Waals surface area contributed by atoms with Gasteiger partial charge in [0.05, 0.1) is 6.61 Å². The molecule has 0 aromatic heterocycles. The summed E-state index contributed by atoms with van der Waals surface area (Å²) in [4.78, 5) is 14.5. The monoisotopic (exact) mass is 473 g/mol. The number of hydrogen-bond acceptors (Lipinski definition) is 3. The Kier molecular flexibility index (Phi) is 26.7. The van der Waals surface area contributed by atoms with Crippen LogP contribution >= 0.6 is 11.6 Å². The van der Waals surface area contributed by atoms with Gasteiger partial charge in [-0.15, -0.1) is 11.6 Å². The van der Waals surface area contributed by atoms with Crippen LogP contribution in [0.1, 0.15) is 142 Å². The highest BCUT2D eigenvalue weighted by atomic mass is 35.5. The molecule has 0 amide bonds. The van der Waals surface area contributed by atoms with Gasteiger partial charge in [0, 0.05) is 12.3 Å². The quantitative estimate of drug-likeness (QED) is 0.0712. The maximum atomic E-state index is 11.9. The van der Waals surface area contributed by atoms with Crippen LogP contribution in [0.4, 0.5) is 0 Å². The Morgan fingerprint density at radius 1 is 0.594 bits per heavy atom. The van der Waals surface area contributed by atoms with E-state index in [1.165, 1.54) is 116 Å². The molecule has 0 heterocycles. The molecule has 0 saturated heterocycles. The summed E-state index contributed by atoms with van der Waals surface area (Å²) in [7, 11) is 0. The minimum atomic E-state index is -0.0429. The van der Waals surface area contributed by atoms with Crippen LogP contribution in [0.2, 0.25) is 0 Å². The first-order valence-corrected chi connectivity index (χ1v) is 14.7. The van der Waals surface area contributed by atoms with Crippen LogP contribution in [0.25, 0.3) is 0 Å². The van der Waals surface area contributed by atoms with Gasteiger partial charge in [-0.1, -0.05) is 104 Å². The van der Waals surface area contributed by atoms with Crippen molar-refractivity contribution >= 4 is 17.6 Å². The second kappa shape index (κ2) is 27.0. The van der Waals surface area contributed by atoms with Gasteiger partial charge in [0.25, 0.3) is 0 Å². The molecule has 0 unspecified atom stereocenters. The van der Waals surface area contributed by atoms with E-state index < -0.39 is 0 Å². The Hall–Kier alpha value is -0.280. The Labute approximate surface area is 206 Å². The highest BCUT2D eigenvalue weighted by molar-refractivity contribution is 6.17. The third kappa shape index (κ3) is 24.4. The summed E-state index contributed by atoms with van der Waals surface area (Å²) in [5.74, 6) is 0.600. The van der Waals surface area contributed by atoms with Gasteiger partial charge >= 0.3 is 5.97 Å². The average molecular weight is 474 g/mol. The Balaban J connectivity index is 3.98. The van der Waals surface area contributed by atoms with Crippen LogP contribution in [0, 0.1) is 0 Å². The lowest BCUT2D eigenvalue weighted by Gasteiger charge is -2.22. The van der Waals surface area contributed by atoms with E-state index in [4.69, 9.17) is 16.3 Å². The lowest BCUT2D eigenvalue weighted by Crippen LogP contribution is -2.28. The molecule has 3 nitrogen and oxygen atoms in total. The molecule has 4 heteroatoms. The van der Waals surface area contributed by atoms with Crippen molar-refractivity contribution in [1.29, 1.82) is 0 Å². The number of carbonyl (C=O) groups is 1. The zero-order valence-corrected chi connectivity index (χ0v) is 22.6. The van der Waals surface area contributed by atoms with Crippen LogP contribution in [-0.2, 0) is 9.53 Å². The molecule has 0 bridgehead atoms. The van der Waals surface area contributed by atoms with Gasteiger partial charge in [-0.05, 0) is 51.7 Å². The molecule has 32 heavy (non-hydrogen) atoms. The minimum Gasteiger partial charge on any atom is -0.466 e. The fourth-order valence-electron chi connectivity index (χ4n) is 4.18. The summed E-state index contributed by atoms with van der Waals surface area (Å²) in [5.41, 5.74) is 0. The van der Waals surface area contributed by atoms with Crippen molar-refractivity contribution in [1.82, 2.24) is 4.90 Å². The van der Waals surface area contributed by atoms with Gasteiger partial charge in [0.1, 0.15) is 0 Å². The number of ether oxygens (including phenoxy) is 1. The number of unbranched alkanes of at least 4 members (excludes halogenated alkanes) is 15. The standard InChI is InChI=1S/C28H56ClNO2/c1-3-5-7-9-11-13-15-18-24-30(25-19-16-14-12-10-8-6-4-2)26-21-22-28(31)32-27-20-17-23-29/h3-27H2,1-2H3. The zero-order valence-electron chi connectivity index (χ0n) is 21.8. The minimum absolute atomic E-state index is 0.0429. The fourth-order valence-corrected chi connectivity index (χ4v) is 4.36. The smallest absolute Gasteiger partial charge is 0.305 e. The van der Waals surface area contributed by atoms with Gasteiger partial charge in [-0.3, -0.25) is 4.79 Å². The molecule has 0 saturated carbocycles. The van der Waals surface area contributed by atoms with E-state index in [1.54, 1.807) is 0 Å². The molecule has 0 aromatic carbocycles. The number of hydrogen-bond donors (Lipinski definition) is 0. The first-order valence-electron chi connectivity index (χ1n) is 14.2. The van der Waals surface area contributed by atoms with Gasteiger partial charge < -0.3 is 9.64 Å². The third-order valence-corrected chi connectivity index (χ3v) is 6.57. The van der Waals surface area contributed by atoms with Gasteiger partial charge in [0.15, 0.2) is 0 Å². The lowest BCUT2D eigenvalue weighted by atomic mass is 10.1. The van der Waals surface area contributed by atoms with Crippen molar-refractivity contribution in [3.05, 3.63) is 0 Å². The normalized spacial score (nSPS) is 11.4. The van der Waals surface area contributed by atoms with Crippen molar-refractivity contribution in [2.75, 3.05) is 32.1 Å². The molecule has 192 valence electrons. The molecule has 0 aliphatic heterocycles. The van der Waals surface area contributed by atoms with Gasteiger partial charge in [-0.25, -0.2) is 0 Å². The number of esters is 1. The SMILES string of the molecule is CCCCCCCCCCN(CCCCCCCCCC)CCCC(=O)OCCCCCl. The van der Waals surface area contributed by atoms with Gasteiger partial charge in [-0.2, -0.15) is 0 Å². The Morgan fingerprint density at radius 3 is 1.50 bits per heavy atom. The van der Waals surface area contributed by atoms with Crippen molar-refractivity contribution in [3.63, 3.8) is 0 Å². The van der Waals surface area contributed by atoms with Crippen LogP contribution in [0.3, 0.4) is 0 Å². The largest absolute Gasteiger partial charge is 0.466 e. The van der Waals surface area contributed by atoms with Crippen LogP contribution in [0.15, 0.2) is 0 Å². The molecule has 0 aliphatic carbocycles. The van der Waals surface area contributed by atoms with Crippen LogP contribution in [-0.4, -0.2) is 43.0 Å². The number of halogens is 1. The summed E-state index contributed by atoms with van der Waals surface area (Å²) in [6, 6.07) is 0. The first kappa shape index (κ1) is 31.7. The predicted octanol–water partition coefficient (Wildman–Crippen LogP) is 8.91. The summed E-state index contributed by atoms with van der Waals surface area (Å²) in [6.45, 7) is 8.49. The van der Waals surface area contributed by atoms with E-state index in [1.807, 2.05) is 0 Å². The fraction of sp³-hybridized carbons (Fsp3) is 0.964. The molecule has 0 rings (SSSR count). The number of rotatable bonds is 26. The predicted molar refractivity (Wildman–Crippen MR) is 142 cm³/mol. The maximum absolute atomic E-state index is 11.9. The summed E-state index contributed by atoms with van der Waals surface area (Å²) in [6.07, 6.45) is 25.2. The van der Waals surface area contributed by atoms with E-state index in [0.717, 1.165) is 25.8 Å². The van der Waals surface area contributed by atoms with Crippen molar-refractivity contribution in [3.8, 4) is 0 Å². The van der Waals surface area contributed by atoms with Crippen molar-refractivity contribution in [2.24, 2.45) is 0 Å². The number of nitrogens with zero attached hydrogens (tertiary/aromatic N) is 1. The van der Waals surface area contributed by atoms with Crippen molar-refractivity contribution < 1.29 is 9.53 Å². The van der Waals surface area contributed by atoms with Crippen LogP contribution < -0.4 is 0 Å². The van der Waals surface area contributed by atoms with Crippen molar-refractivity contribution in [2.45, 2.75) is 142 Å². The topological polar surface area (TPSA) is 29.5 Å². The number of alkyl halides is 1.